The van der Waals surface area contributed by atoms with Gasteiger partial charge in [-0.15, -0.1) is 0 Å². The number of likely N-dealkylation sites (tertiary alicyclic amines) is 1. The third-order valence-corrected chi connectivity index (χ3v) is 4.29. The van der Waals surface area contributed by atoms with E-state index >= 15 is 0 Å². The summed E-state index contributed by atoms with van der Waals surface area (Å²) in [5.74, 6) is 0.928. The summed E-state index contributed by atoms with van der Waals surface area (Å²) in [6.45, 7) is 9.75. The Morgan fingerprint density at radius 3 is 2.37 bits per heavy atom. The van der Waals surface area contributed by atoms with Crippen LogP contribution < -0.4 is 0 Å². The van der Waals surface area contributed by atoms with Crippen LogP contribution in [0.15, 0.2) is 0 Å². The predicted molar refractivity (Wildman–Crippen MR) is 75.2 cm³/mol. The van der Waals surface area contributed by atoms with Crippen LogP contribution in [-0.4, -0.2) is 56.7 Å². The van der Waals surface area contributed by atoms with E-state index in [1.165, 1.54) is 32.4 Å². The summed E-state index contributed by atoms with van der Waals surface area (Å²) in [7, 11) is 0. The minimum atomic E-state index is -0.156. The highest BCUT2D eigenvalue weighted by Gasteiger charge is 2.29. The first-order chi connectivity index (χ1) is 9.33. The van der Waals surface area contributed by atoms with Crippen LogP contribution in [0, 0.1) is 5.92 Å². The topological polar surface area (TPSA) is 30.9 Å². The molecule has 2 aliphatic heterocycles. The minimum Gasteiger partial charge on any atom is -0.376 e. The zero-order valence-corrected chi connectivity index (χ0v) is 12.5. The fraction of sp³-hybridized carbons (Fsp3) is 1.00. The molecule has 0 saturated carbocycles. The molecule has 0 radical (unpaired) electrons. The average Bonchev–Trinajstić information content (AvgIpc) is 2.48. The van der Waals surface area contributed by atoms with Crippen LogP contribution in [0.25, 0.3) is 0 Å². The first-order valence-corrected chi connectivity index (χ1v) is 7.88. The van der Waals surface area contributed by atoms with Gasteiger partial charge in [0.2, 0.25) is 0 Å². The number of hydrogen-bond acceptors (Lipinski definition) is 4. The first kappa shape index (κ1) is 15.2. The Hall–Kier alpha value is -0.160. The minimum absolute atomic E-state index is 0.156. The van der Waals surface area contributed by atoms with Gasteiger partial charge in [0.05, 0.1) is 25.9 Å². The highest BCUT2D eigenvalue weighted by molar-refractivity contribution is 4.79. The van der Waals surface area contributed by atoms with Crippen molar-refractivity contribution in [2.45, 2.75) is 51.9 Å². The maximum atomic E-state index is 5.75. The van der Waals surface area contributed by atoms with Crippen molar-refractivity contribution in [3.8, 4) is 0 Å². The van der Waals surface area contributed by atoms with Crippen LogP contribution in [0.3, 0.4) is 0 Å². The van der Waals surface area contributed by atoms with Crippen molar-refractivity contribution in [3.63, 3.8) is 0 Å². The van der Waals surface area contributed by atoms with Crippen LogP contribution in [0.2, 0.25) is 0 Å². The molecule has 4 heteroatoms. The van der Waals surface area contributed by atoms with E-state index in [4.69, 9.17) is 14.2 Å². The zero-order chi connectivity index (χ0) is 13.5. The lowest BCUT2D eigenvalue weighted by molar-refractivity contribution is -0.225. The van der Waals surface area contributed by atoms with E-state index in [1.807, 2.05) is 0 Å². The van der Waals surface area contributed by atoms with Gasteiger partial charge in [0.15, 0.2) is 6.29 Å². The molecule has 2 fully saturated rings. The summed E-state index contributed by atoms with van der Waals surface area (Å²) in [4.78, 5) is 2.54. The Morgan fingerprint density at radius 2 is 1.79 bits per heavy atom. The van der Waals surface area contributed by atoms with Crippen molar-refractivity contribution in [1.29, 1.82) is 0 Å². The molecule has 2 saturated heterocycles. The number of nitrogens with zero attached hydrogens (tertiary/aromatic N) is 1. The molecule has 112 valence electrons. The maximum Gasteiger partial charge on any atom is 0.180 e. The summed E-state index contributed by atoms with van der Waals surface area (Å²) in [6.07, 6.45) is 4.87. The molecule has 2 rings (SSSR count). The van der Waals surface area contributed by atoms with E-state index in [0.29, 0.717) is 12.6 Å². The SMILES string of the molecule is CCCOCC1OCC(N2CCC(CC)CC2)CO1. The molecular formula is C15H29NO3. The van der Waals surface area contributed by atoms with Gasteiger partial charge in [0.25, 0.3) is 0 Å². The molecule has 19 heavy (non-hydrogen) atoms. The monoisotopic (exact) mass is 271 g/mol. The molecule has 2 heterocycles. The highest BCUT2D eigenvalue weighted by Crippen LogP contribution is 2.23. The summed E-state index contributed by atoms with van der Waals surface area (Å²) in [5.41, 5.74) is 0. The van der Waals surface area contributed by atoms with Gasteiger partial charge in [-0.3, -0.25) is 4.90 Å². The van der Waals surface area contributed by atoms with Gasteiger partial charge in [-0.25, -0.2) is 0 Å². The third-order valence-electron chi connectivity index (χ3n) is 4.29. The van der Waals surface area contributed by atoms with E-state index in [1.54, 1.807) is 0 Å². The lowest BCUT2D eigenvalue weighted by Crippen LogP contribution is -2.50. The Morgan fingerprint density at radius 1 is 1.11 bits per heavy atom. The summed E-state index contributed by atoms with van der Waals surface area (Å²) in [5, 5.41) is 0. The van der Waals surface area contributed by atoms with Gasteiger partial charge < -0.3 is 14.2 Å². The molecule has 0 aromatic carbocycles. The second-order valence-electron chi connectivity index (χ2n) is 5.71. The first-order valence-electron chi connectivity index (χ1n) is 7.88. The van der Waals surface area contributed by atoms with Crippen LogP contribution in [0.5, 0.6) is 0 Å². The summed E-state index contributed by atoms with van der Waals surface area (Å²) < 4.78 is 17.0. The lowest BCUT2D eigenvalue weighted by Gasteiger charge is -2.40. The lowest BCUT2D eigenvalue weighted by atomic mass is 9.93. The summed E-state index contributed by atoms with van der Waals surface area (Å²) >= 11 is 0. The standard InChI is InChI=1S/C15H29NO3/c1-3-9-17-12-15-18-10-14(11-19-15)16-7-5-13(4-2)6-8-16/h13-15H,3-12H2,1-2H3. The fourth-order valence-corrected chi connectivity index (χ4v) is 2.89. The van der Waals surface area contributed by atoms with Crippen molar-refractivity contribution in [2.24, 2.45) is 5.92 Å². The molecule has 0 N–H and O–H groups in total. The Labute approximate surface area is 117 Å². The molecule has 0 bridgehead atoms. The molecule has 0 atom stereocenters. The fourth-order valence-electron chi connectivity index (χ4n) is 2.89. The second-order valence-corrected chi connectivity index (χ2v) is 5.71. The molecule has 0 spiro atoms. The van der Waals surface area contributed by atoms with Crippen LogP contribution in [0.1, 0.15) is 39.5 Å². The van der Waals surface area contributed by atoms with Gasteiger partial charge in [-0.2, -0.15) is 0 Å². The van der Waals surface area contributed by atoms with Gasteiger partial charge in [-0.1, -0.05) is 20.3 Å². The van der Waals surface area contributed by atoms with Crippen LogP contribution >= 0.6 is 0 Å². The van der Waals surface area contributed by atoms with Crippen molar-refractivity contribution in [3.05, 3.63) is 0 Å². The molecule has 0 aromatic rings. The molecule has 0 unspecified atom stereocenters. The quantitative estimate of drug-likeness (QED) is 0.694. The Balaban J connectivity index is 1.63. The van der Waals surface area contributed by atoms with Gasteiger partial charge in [0.1, 0.15) is 0 Å². The van der Waals surface area contributed by atoms with Crippen molar-refractivity contribution >= 4 is 0 Å². The number of hydrogen-bond donors (Lipinski definition) is 0. The van der Waals surface area contributed by atoms with Gasteiger partial charge >= 0.3 is 0 Å². The normalized spacial score (nSPS) is 30.6. The number of rotatable bonds is 6. The second kappa shape index (κ2) is 8.20. The molecule has 0 aliphatic carbocycles. The van der Waals surface area contributed by atoms with Gasteiger partial charge in [-0.05, 0) is 38.3 Å². The largest absolute Gasteiger partial charge is 0.376 e. The van der Waals surface area contributed by atoms with E-state index in [0.717, 1.165) is 32.2 Å². The predicted octanol–water partition coefficient (Wildman–Crippen LogP) is 2.28. The van der Waals surface area contributed by atoms with Crippen LogP contribution in [-0.2, 0) is 14.2 Å². The van der Waals surface area contributed by atoms with E-state index in [2.05, 4.69) is 18.7 Å². The molecular weight excluding hydrogens is 242 g/mol. The highest BCUT2D eigenvalue weighted by atomic mass is 16.7. The number of ether oxygens (including phenoxy) is 3. The van der Waals surface area contributed by atoms with Gasteiger partial charge in [0, 0.05) is 6.61 Å². The van der Waals surface area contributed by atoms with E-state index in [-0.39, 0.29) is 6.29 Å². The van der Waals surface area contributed by atoms with Crippen molar-refractivity contribution < 1.29 is 14.2 Å². The average molecular weight is 271 g/mol. The maximum absolute atomic E-state index is 5.75. The smallest absolute Gasteiger partial charge is 0.180 e. The van der Waals surface area contributed by atoms with Crippen LogP contribution in [0.4, 0.5) is 0 Å². The van der Waals surface area contributed by atoms with E-state index < -0.39 is 0 Å². The number of piperidine rings is 1. The Bertz CT molecular complexity index is 234. The van der Waals surface area contributed by atoms with Crippen molar-refractivity contribution in [1.82, 2.24) is 4.90 Å². The molecule has 0 aromatic heterocycles. The molecule has 0 amide bonds. The van der Waals surface area contributed by atoms with E-state index in [9.17, 15) is 0 Å². The summed E-state index contributed by atoms with van der Waals surface area (Å²) in [6, 6.07) is 0.445. The zero-order valence-electron chi connectivity index (χ0n) is 12.5. The Kier molecular flexibility index (Phi) is 6.57. The van der Waals surface area contributed by atoms with Crippen molar-refractivity contribution in [2.75, 3.05) is 39.5 Å². The molecule has 4 nitrogen and oxygen atoms in total. The third kappa shape index (κ3) is 4.71. The molecule has 2 aliphatic rings.